The molecule has 2 N–H and O–H groups in total. The Bertz CT molecular complexity index is 1180. The standard InChI is InChI=1S/C23H22N4O5/c1-14-4-3-5-16(12-14)20-25-21(32-26-20)15-6-8-17(9-7-15)24-19-18(23(30)31-2)13-27(10-11-28)22(19)29/h3-9,12,24,28H,10-11,13H2,1-2H3. The van der Waals surface area contributed by atoms with Gasteiger partial charge in [0.2, 0.25) is 5.82 Å². The summed E-state index contributed by atoms with van der Waals surface area (Å²) < 4.78 is 10.2. The second kappa shape index (κ2) is 9.03. The largest absolute Gasteiger partial charge is 0.466 e. The van der Waals surface area contributed by atoms with Crippen LogP contribution in [0.4, 0.5) is 5.69 Å². The molecule has 0 saturated heterocycles. The fraction of sp³-hybridized carbons (Fsp3) is 0.217. The van der Waals surface area contributed by atoms with E-state index in [2.05, 4.69) is 15.5 Å². The molecule has 0 unspecified atom stereocenters. The number of aliphatic hydroxyl groups excluding tert-OH is 1. The summed E-state index contributed by atoms with van der Waals surface area (Å²) in [5.74, 6) is -0.0939. The number of carbonyl (C=O) groups is 2. The molecule has 2 aromatic carbocycles. The van der Waals surface area contributed by atoms with Crippen LogP contribution in [-0.2, 0) is 14.3 Å². The molecule has 2 heterocycles. The smallest absolute Gasteiger partial charge is 0.337 e. The molecule has 4 rings (SSSR count). The number of hydrogen-bond donors (Lipinski definition) is 2. The van der Waals surface area contributed by atoms with Crippen LogP contribution < -0.4 is 5.32 Å². The van der Waals surface area contributed by atoms with Gasteiger partial charge in [-0.25, -0.2) is 4.79 Å². The summed E-state index contributed by atoms with van der Waals surface area (Å²) >= 11 is 0. The number of anilines is 1. The van der Waals surface area contributed by atoms with Crippen LogP contribution in [0.3, 0.4) is 0 Å². The first-order valence-corrected chi connectivity index (χ1v) is 10.00. The normalized spacial score (nSPS) is 13.6. The third-order valence-electron chi connectivity index (χ3n) is 5.06. The molecule has 1 aliphatic heterocycles. The van der Waals surface area contributed by atoms with Gasteiger partial charge >= 0.3 is 5.97 Å². The van der Waals surface area contributed by atoms with Crippen molar-refractivity contribution in [3.05, 3.63) is 65.4 Å². The first kappa shape index (κ1) is 21.3. The second-order valence-electron chi connectivity index (χ2n) is 7.29. The lowest BCUT2D eigenvalue weighted by Gasteiger charge is -2.15. The van der Waals surface area contributed by atoms with Crippen LogP contribution in [-0.4, -0.2) is 58.8 Å². The minimum atomic E-state index is -0.590. The Balaban J connectivity index is 1.54. The highest BCUT2D eigenvalue weighted by Gasteiger charge is 2.34. The number of amides is 1. The van der Waals surface area contributed by atoms with E-state index in [0.29, 0.717) is 23.0 Å². The van der Waals surface area contributed by atoms with Crippen molar-refractivity contribution in [1.82, 2.24) is 15.0 Å². The number of nitrogens with one attached hydrogen (secondary N) is 1. The molecule has 9 nitrogen and oxygen atoms in total. The molecule has 0 bridgehead atoms. The summed E-state index contributed by atoms with van der Waals surface area (Å²) in [4.78, 5) is 30.6. The lowest BCUT2D eigenvalue weighted by Crippen LogP contribution is -2.31. The van der Waals surface area contributed by atoms with Crippen LogP contribution in [0.15, 0.2) is 64.3 Å². The third-order valence-corrected chi connectivity index (χ3v) is 5.06. The van der Waals surface area contributed by atoms with Gasteiger partial charge in [0.05, 0.1) is 25.8 Å². The number of carbonyl (C=O) groups excluding carboxylic acids is 2. The number of hydrogen-bond acceptors (Lipinski definition) is 8. The molecule has 0 saturated carbocycles. The number of β-amino-alcohol motifs (C(OH)–C–C–N with tert-alkyl or cyclic N) is 1. The average molecular weight is 434 g/mol. The van der Waals surface area contributed by atoms with E-state index in [4.69, 9.17) is 14.4 Å². The molecule has 0 aliphatic carbocycles. The van der Waals surface area contributed by atoms with Gasteiger partial charge in [0.25, 0.3) is 11.8 Å². The molecule has 1 aromatic heterocycles. The number of aryl methyl sites for hydroxylation is 1. The highest BCUT2D eigenvalue weighted by molar-refractivity contribution is 6.08. The van der Waals surface area contributed by atoms with Crippen molar-refractivity contribution in [2.24, 2.45) is 0 Å². The van der Waals surface area contributed by atoms with E-state index >= 15 is 0 Å². The quantitative estimate of drug-likeness (QED) is 0.544. The van der Waals surface area contributed by atoms with Gasteiger partial charge in [0.1, 0.15) is 5.70 Å². The van der Waals surface area contributed by atoms with Crippen LogP contribution in [0.2, 0.25) is 0 Å². The number of aliphatic hydroxyl groups is 1. The van der Waals surface area contributed by atoms with Gasteiger partial charge in [0.15, 0.2) is 0 Å². The highest BCUT2D eigenvalue weighted by Crippen LogP contribution is 2.26. The SMILES string of the molecule is COC(=O)C1=C(Nc2ccc(-c3nc(-c4cccc(C)c4)no3)cc2)C(=O)N(CCO)C1. The third kappa shape index (κ3) is 4.23. The molecular weight excluding hydrogens is 412 g/mol. The fourth-order valence-corrected chi connectivity index (χ4v) is 3.43. The Kier molecular flexibility index (Phi) is 6.00. The van der Waals surface area contributed by atoms with Gasteiger partial charge in [-0.15, -0.1) is 0 Å². The lowest BCUT2D eigenvalue weighted by molar-refractivity contribution is -0.136. The van der Waals surface area contributed by atoms with E-state index in [0.717, 1.165) is 11.1 Å². The molecule has 0 radical (unpaired) electrons. The Morgan fingerprint density at radius 3 is 2.69 bits per heavy atom. The fourth-order valence-electron chi connectivity index (χ4n) is 3.43. The predicted molar refractivity (Wildman–Crippen MR) is 116 cm³/mol. The predicted octanol–water partition coefficient (Wildman–Crippen LogP) is 2.39. The summed E-state index contributed by atoms with van der Waals surface area (Å²) in [6, 6.07) is 14.9. The molecule has 0 spiro atoms. The molecular formula is C23H22N4O5. The van der Waals surface area contributed by atoms with E-state index < -0.39 is 5.97 Å². The van der Waals surface area contributed by atoms with Crippen molar-refractivity contribution >= 4 is 17.6 Å². The summed E-state index contributed by atoms with van der Waals surface area (Å²) in [7, 11) is 1.26. The number of aromatic nitrogens is 2. The summed E-state index contributed by atoms with van der Waals surface area (Å²) in [5, 5.41) is 16.2. The zero-order chi connectivity index (χ0) is 22.7. The topological polar surface area (TPSA) is 118 Å². The van der Waals surface area contributed by atoms with Crippen molar-refractivity contribution in [3.63, 3.8) is 0 Å². The molecule has 1 aliphatic rings. The maximum absolute atomic E-state index is 12.6. The van der Waals surface area contributed by atoms with E-state index in [1.54, 1.807) is 24.3 Å². The highest BCUT2D eigenvalue weighted by atomic mass is 16.5. The van der Waals surface area contributed by atoms with Crippen molar-refractivity contribution in [2.45, 2.75) is 6.92 Å². The molecule has 164 valence electrons. The van der Waals surface area contributed by atoms with Crippen molar-refractivity contribution in [3.8, 4) is 22.8 Å². The zero-order valence-electron chi connectivity index (χ0n) is 17.7. The van der Waals surface area contributed by atoms with Gasteiger partial charge in [-0.1, -0.05) is 28.9 Å². The minimum Gasteiger partial charge on any atom is -0.466 e. The molecule has 9 heteroatoms. The van der Waals surface area contributed by atoms with Gasteiger partial charge in [-0.05, 0) is 37.3 Å². The lowest BCUT2D eigenvalue weighted by atomic mass is 10.1. The Labute approximate surface area is 184 Å². The van der Waals surface area contributed by atoms with Gasteiger partial charge in [-0.2, -0.15) is 4.98 Å². The van der Waals surface area contributed by atoms with E-state index in [9.17, 15) is 9.59 Å². The number of methoxy groups -OCH3 is 1. The monoisotopic (exact) mass is 434 g/mol. The Morgan fingerprint density at radius 1 is 1.22 bits per heavy atom. The van der Waals surface area contributed by atoms with E-state index in [1.165, 1.54) is 12.0 Å². The Hall–Kier alpha value is -3.98. The van der Waals surface area contributed by atoms with Gasteiger partial charge in [0, 0.05) is 23.4 Å². The minimum absolute atomic E-state index is 0.0796. The van der Waals surface area contributed by atoms with E-state index in [-0.39, 0.29) is 36.9 Å². The maximum Gasteiger partial charge on any atom is 0.337 e. The van der Waals surface area contributed by atoms with Crippen molar-refractivity contribution in [2.75, 3.05) is 32.1 Å². The van der Waals surface area contributed by atoms with E-state index in [1.807, 2.05) is 31.2 Å². The number of benzene rings is 2. The molecule has 0 fully saturated rings. The number of ether oxygens (including phenoxy) is 1. The van der Waals surface area contributed by atoms with Crippen LogP contribution in [0.25, 0.3) is 22.8 Å². The maximum atomic E-state index is 12.6. The van der Waals surface area contributed by atoms with Gasteiger partial charge < -0.3 is 24.6 Å². The average Bonchev–Trinajstić information content (AvgIpc) is 3.41. The molecule has 32 heavy (non-hydrogen) atoms. The first-order valence-electron chi connectivity index (χ1n) is 10.00. The number of rotatable bonds is 7. The second-order valence-corrected chi connectivity index (χ2v) is 7.29. The summed E-state index contributed by atoms with van der Waals surface area (Å²) in [5.41, 5.74) is 3.63. The molecule has 3 aromatic rings. The first-order chi connectivity index (χ1) is 15.5. The molecule has 0 atom stereocenters. The van der Waals surface area contributed by atoms with Gasteiger partial charge in [-0.3, -0.25) is 4.79 Å². The summed E-state index contributed by atoms with van der Waals surface area (Å²) in [6.45, 7) is 2.01. The van der Waals surface area contributed by atoms with Crippen LogP contribution in [0.1, 0.15) is 5.56 Å². The zero-order valence-corrected chi connectivity index (χ0v) is 17.7. The molecule has 1 amide bonds. The van der Waals surface area contributed by atoms with Crippen molar-refractivity contribution < 1.29 is 24.0 Å². The van der Waals surface area contributed by atoms with Crippen LogP contribution in [0, 0.1) is 6.92 Å². The number of nitrogens with zero attached hydrogens (tertiary/aromatic N) is 3. The van der Waals surface area contributed by atoms with Crippen molar-refractivity contribution in [1.29, 1.82) is 0 Å². The number of esters is 1. The van der Waals surface area contributed by atoms with Crippen LogP contribution in [0.5, 0.6) is 0 Å². The van der Waals surface area contributed by atoms with Crippen LogP contribution >= 0.6 is 0 Å². The Morgan fingerprint density at radius 2 is 2.00 bits per heavy atom. The summed E-state index contributed by atoms with van der Waals surface area (Å²) in [6.07, 6.45) is 0.